The molecule has 0 spiro atoms. The third-order valence-corrected chi connectivity index (χ3v) is 2.35. The summed E-state index contributed by atoms with van der Waals surface area (Å²) in [5.74, 6) is 1.03. The topological polar surface area (TPSA) is 90.4 Å². The zero-order valence-corrected chi connectivity index (χ0v) is 9.62. The number of rotatable bonds is 5. The van der Waals surface area contributed by atoms with Crippen LogP contribution in [0.1, 0.15) is 5.76 Å². The monoisotopic (exact) mass is 249 g/mol. The summed E-state index contributed by atoms with van der Waals surface area (Å²) in [6.07, 6.45) is 1.51. The van der Waals surface area contributed by atoms with Gasteiger partial charge in [0.05, 0.1) is 30.8 Å². The fraction of sp³-hybridized carbons (Fsp3) is 0.182. The van der Waals surface area contributed by atoms with Crippen LogP contribution in [0.25, 0.3) is 0 Å². The van der Waals surface area contributed by atoms with Crippen LogP contribution in [0.5, 0.6) is 5.75 Å². The number of aromatic nitrogens is 1. The first kappa shape index (κ1) is 11.9. The maximum Gasteiger partial charge on any atom is 0.296 e. The van der Waals surface area contributed by atoms with Gasteiger partial charge in [-0.15, -0.1) is 0 Å². The van der Waals surface area contributed by atoms with Crippen molar-refractivity contribution in [2.75, 3.05) is 12.4 Å². The molecule has 0 aliphatic heterocycles. The smallest absolute Gasteiger partial charge is 0.296 e. The van der Waals surface area contributed by atoms with Crippen LogP contribution in [-0.4, -0.2) is 17.2 Å². The van der Waals surface area contributed by atoms with Crippen LogP contribution in [0, 0.1) is 10.1 Å². The zero-order valence-electron chi connectivity index (χ0n) is 9.62. The predicted molar refractivity (Wildman–Crippen MR) is 63.5 cm³/mol. The lowest BCUT2D eigenvalue weighted by Gasteiger charge is -2.06. The van der Waals surface area contributed by atoms with Crippen molar-refractivity contribution in [1.82, 2.24) is 5.16 Å². The molecule has 18 heavy (non-hydrogen) atoms. The number of hydrogen-bond acceptors (Lipinski definition) is 6. The minimum atomic E-state index is -0.467. The molecule has 1 heterocycles. The largest absolute Gasteiger partial charge is 0.496 e. The average molecular weight is 249 g/mol. The van der Waals surface area contributed by atoms with Crippen LogP contribution in [0.2, 0.25) is 0 Å². The second-order valence-electron chi connectivity index (χ2n) is 3.47. The van der Waals surface area contributed by atoms with Gasteiger partial charge in [-0.25, -0.2) is 0 Å². The van der Waals surface area contributed by atoms with Gasteiger partial charge in [0.1, 0.15) is 11.4 Å². The molecule has 7 heteroatoms. The van der Waals surface area contributed by atoms with E-state index in [2.05, 4.69) is 10.5 Å². The molecule has 2 rings (SSSR count). The van der Waals surface area contributed by atoms with Gasteiger partial charge in [-0.05, 0) is 12.1 Å². The van der Waals surface area contributed by atoms with Crippen LogP contribution < -0.4 is 10.1 Å². The van der Waals surface area contributed by atoms with E-state index in [1.807, 2.05) is 0 Å². The lowest BCUT2D eigenvalue weighted by molar-refractivity contribution is -0.384. The quantitative estimate of drug-likeness (QED) is 0.645. The van der Waals surface area contributed by atoms with E-state index in [9.17, 15) is 10.1 Å². The van der Waals surface area contributed by atoms with E-state index in [0.717, 1.165) is 0 Å². The number of nitro groups is 1. The Kier molecular flexibility index (Phi) is 3.42. The summed E-state index contributed by atoms with van der Waals surface area (Å²) >= 11 is 0. The van der Waals surface area contributed by atoms with Crippen molar-refractivity contribution >= 4 is 11.4 Å². The second-order valence-corrected chi connectivity index (χ2v) is 3.47. The van der Waals surface area contributed by atoms with Crippen molar-refractivity contribution in [2.45, 2.75) is 6.54 Å². The molecular weight excluding hydrogens is 238 g/mol. The van der Waals surface area contributed by atoms with Crippen molar-refractivity contribution in [3.05, 3.63) is 46.3 Å². The van der Waals surface area contributed by atoms with E-state index >= 15 is 0 Å². The number of benzene rings is 1. The van der Waals surface area contributed by atoms with Crippen molar-refractivity contribution in [1.29, 1.82) is 0 Å². The Morgan fingerprint density at radius 3 is 2.94 bits per heavy atom. The van der Waals surface area contributed by atoms with Gasteiger partial charge in [0.25, 0.3) is 5.69 Å². The van der Waals surface area contributed by atoms with E-state index in [4.69, 9.17) is 9.26 Å². The SMILES string of the molecule is COc1ccc(NCc2ccno2)c([N+](=O)[O-])c1. The molecule has 1 aromatic carbocycles. The first-order valence-corrected chi connectivity index (χ1v) is 5.16. The van der Waals surface area contributed by atoms with Crippen LogP contribution in [0.4, 0.5) is 11.4 Å². The van der Waals surface area contributed by atoms with Crippen LogP contribution >= 0.6 is 0 Å². The molecule has 0 atom stereocenters. The molecule has 0 radical (unpaired) electrons. The van der Waals surface area contributed by atoms with Crippen LogP contribution in [-0.2, 0) is 6.54 Å². The summed E-state index contributed by atoms with van der Waals surface area (Å²) in [5.41, 5.74) is 0.353. The van der Waals surface area contributed by atoms with E-state index in [0.29, 0.717) is 23.7 Å². The second kappa shape index (κ2) is 5.17. The average Bonchev–Trinajstić information content (AvgIpc) is 2.89. The Morgan fingerprint density at radius 1 is 1.50 bits per heavy atom. The van der Waals surface area contributed by atoms with Crippen molar-refractivity contribution in [3.63, 3.8) is 0 Å². The van der Waals surface area contributed by atoms with Gasteiger partial charge in [-0.3, -0.25) is 10.1 Å². The van der Waals surface area contributed by atoms with Gasteiger partial charge in [0, 0.05) is 6.07 Å². The van der Waals surface area contributed by atoms with Crippen molar-refractivity contribution in [2.24, 2.45) is 0 Å². The molecule has 7 nitrogen and oxygen atoms in total. The van der Waals surface area contributed by atoms with Crippen molar-refractivity contribution in [3.8, 4) is 5.75 Å². The summed E-state index contributed by atoms with van der Waals surface area (Å²) in [4.78, 5) is 10.5. The summed E-state index contributed by atoms with van der Waals surface area (Å²) in [5, 5.41) is 17.4. The fourth-order valence-electron chi connectivity index (χ4n) is 1.45. The Labute approximate surface area is 103 Å². The van der Waals surface area contributed by atoms with Crippen molar-refractivity contribution < 1.29 is 14.2 Å². The highest BCUT2D eigenvalue weighted by atomic mass is 16.6. The molecule has 1 N–H and O–H groups in total. The first-order valence-electron chi connectivity index (χ1n) is 5.16. The third kappa shape index (κ3) is 2.57. The molecule has 1 aromatic heterocycles. The summed E-state index contributed by atoms with van der Waals surface area (Å²) in [7, 11) is 1.46. The van der Waals surface area contributed by atoms with Gasteiger partial charge in [0.15, 0.2) is 5.76 Å². The molecule has 0 saturated carbocycles. The summed E-state index contributed by atoms with van der Waals surface area (Å²) in [6, 6.07) is 6.29. The minimum absolute atomic E-state index is 0.0473. The Balaban J connectivity index is 2.18. The number of ether oxygens (including phenoxy) is 1. The number of nitrogens with one attached hydrogen (secondary N) is 1. The lowest BCUT2D eigenvalue weighted by Crippen LogP contribution is -2.02. The maximum absolute atomic E-state index is 10.9. The molecule has 0 amide bonds. The predicted octanol–water partition coefficient (Wildman–Crippen LogP) is 2.20. The normalized spacial score (nSPS) is 10.1. The van der Waals surface area contributed by atoms with Gasteiger partial charge in [-0.2, -0.15) is 0 Å². The Hall–Kier alpha value is -2.57. The fourth-order valence-corrected chi connectivity index (χ4v) is 1.45. The molecule has 0 aliphatic carbocycles. The molecule has 94 valence electrons. The number of anilines is 1. The maximum atomic E-state index is 10.9. The number of nitrogens with zero attached hydrogens (tertiary/aromatic N) is 2. The number of nitro benzene ring substituents is 1. The highest BCUT2D eigenvalue weighted by Gasteiger charge is 2.15. The third-order valence-electron chi connectivity index (χ3n) is 2.35. The molecule has 0 aliphatic rings. The minimum Gasteiger partial charge on any atom is -0.496 e. The highest BCUT2D eigenvalue weighted by molar-refractivity contribution is 5.63. The van der Waals surface area contributed by atoms with E-state index in [-0.39, 0.29) is 5.69 Å². The molecule has 2 aromatic rings. The van der Waals surface area contributed by atoms with Crippen LogP contribution in [0.15, 0.2) is 35.0 Å². The zero-order chi connectivity index (χ0) is 13.0. The van der Waals surface area contributed by atoms with Gasteiger partial charge in [0.2, 0.25) is 0 Å². The molecule has 0 fully saturated rings. The summed E-state index contributed by atoms with van der Waals surface area (Å²) in [6.45, 7) is 0.327. The van der Waals surface area contributed by atoms with Gasteiger partial charge >= 0.3 is 0 Å². The molecule has 0 bridgehead atoms. The van der Waals surface area contributed by atoms with E-state index in [1.54, 1.807) is 18.2 Å². The number of hydrogen-bond donors (Lipinski definition) is 1. The Morgan fingerprint density at radius 2 is 2.33 bits per heavy atom. The van der Waals surface area contributed by atoms with Gasteiger partial charge in [-0.1, -0.05) is 5.16 Å². The Bertz CT molecular complexity index is 539. The molecule has 0 saturated heterocycles. The molecular formula is C11H11N3O4. The van der Waals surface area contributed by atoms with Gasteiger partial charge < -0.3 is 14.6 Å². The van der Waals surface area contributed by atoms with E-state index < -0.39 is 4.92 Å². The lowest BCUT2D eigenvalue weighted by atomic mass is 10.2. The first-order chi connectivity index (χ1) is 8.70. The van der Waals surface area contributed by atoms with E-state index in [1.165, 1.54) is 19.4 Å². The number of methoxy groups -OCH3 is 1. The summed E-state index contributed by atoms with van der Waals surface area (Å²) < 4.78 is 9.84. The van der Waals surface area contributed by atoms with Crippen LogP contribution in [0.3, 0.4) is 0 Å². The standard InChI is InChI=1S/C11H11N3O4/c1-17-8-2-3-10(11(6-8)14(15)16)12-7-9-4-5-13-18-9/h2-6,12H,7H2,1H3. The molecule has 0 unspecified atom stereocenters. The highest BCUT2D eigenvalue weighted by Crippen LogP contribution is 2.29.